The molecule has 0 aliphatic carbocycles. The number of nitrogens with one attached hydrogen (secondary N) is 1. The van der Waals surface area contributed by atoms with E-state index in [1.807, 2.05) is 31.2 Å². The van der Waals surface area contributed by atoms with Gasteiger partial charge in [-0.2, -0.15) is 0 Å². The fourth-order valence-corrected chi connectivity index (χ4v) is 4.12. The van der Waals surface area contributed by atoms with Crippen molar-refractivity contribution in [2.75, 3.05) is 33.2 Å². The molecule has 3 rings (SSSR count). The Labute approximate surface area is 208 Å². The van der Waals surface area contributed by atoms with Gasteiger partial charge in [-0.3, -0.25) is 19.3 Å². The molecule has 0 spiro atoms. The van der Waals surface area contributed by atoms with E-state index in [0.717, 1.165) is 50.3 Å². The maximum absolute atomic E-state index is 13.0. The fraction of sp³-hybridized carbons (Fsp3) is 0.393. The second-order valence-corrected chi connectivity index (χ2v) is 9.14. The Morgan fingerprint density at radius 2 is 1.69 bits per heavy atom. The number of unbranched alkanes of at least 4 members (excludes halogenated alkanes) is 1. The SMILES string of the molecule is CCCCC(NC(=O)c1ccccc1C=Cc1ccc(CN2CCN(C)CC2)cc1)C(=O)C(N)=O. The summed E-state index contributed by atoms with van der Waals surface area (Å²) < 4.78 is 0. The molecule has 2 amide bonds. The highest BCUT2D eigenvalue weighted by Crippen LogP contribution is 2.16. The van der Waals surface area contributed by atoms with E-state index >= 15 is 0 Å². The third-order valence-corrected chi connectivity index (χ3v) is 6.35. The highest BCUT2D eigenvalue weighted by molar-refractivity contribution is 6.38. The van der Waals surface area contributed by atoms with Crippen LogP contribution in [0.25, 0.3) is 12.2 Å². The standard InChI is InChI=1S/C28H36N4O3/c1-3-4-9-25(26(33)27(29)34)30-28(35)24-8-6-5-7-23(24)15-14-21-10-12-22(13-11-21)20-32-18-16-31(2)17-19-32/h5-8,10-15,25H,3-4,9,16-20H2,1-2H3,(H2,29,34)(H,30,35). The predicted octanol–water partition coefficient (Wildman–Crippen LogP) is 2.95. The van der Waals surface area contributed by atoms with E-state index in [2.05, 4.69) is 46.4 Å². The lowest BCUT2D eigenvalue weighted by atomic mass is 10.0. The minimum atomic E-state index is -1.03. The maximum atomic E-state index is 13.0. The van der Waals surface area contributed by atoms with Crippen molar-refractivity contribution in [2.24, 2.45) is 5.73 Å². The van der Waals surface area contributed by atoms with Crippen LogP contribution in [0.5, 0.6) is 0 Å². The predicted molar refractivity (Wildman–Crippen MR) is 140 cm³/mol. The van der Waals surface area contributed by atoms with Gasteiger partial charge in [-0.15, -0.1) is 0 Å². The molecule has 0 radical (unpaired) electrons. The fourth-order valence-electron chi connectivity index (χ4n) is 4.12. The Balaban J connectivity index is 1.67. The summed E-state index contributed by atoms with van der Waals surface area (Å²) in [5.74, 6) is -2.20. The number of primary amides is 1. The summed E-state index contributed by atoms with van der Waals surface area (Å²) in [4.78, 5) is 41.4. The molecule has 0 bridgehead atoms. The lowest BCUT2D eigenvalue weighted by Crippen LogP contribution is -2.46. The van der Waals surface area contributed by atoms with Crippen molar-refractivity contribution >= 4 is 29.7 Å². The van der Waals surface area contributed by atoms with Crippen molar-refractivity contribution in [3.8, 4) is 0 Å². The average molecular weight is 477 g/mol. The molecule has 186 valence electrons. The number of benzene rings is 2. The first-order valence-corrected chi connectivity index (χ1v) is 12.3. The number of carbonyl (C=O) groups is 3. The molecule has 1 fully saturated rings. The number of rotatable bonds is 11. The highest BCUT2D eigenvalue weighted by atomic mass is 16.2. The second-order valence-electron chi connectivity index (χ2n) is 9.14. The topological polar surface area (TPSA) is 95.7 Å². The summed E-state index contributed by atoms with van der Waals surface area (Å²) in [7, 11) is 2.16. The molecule has 7 nitrogen and oxygen atoms in total. The Morgan fingerprint density at radius 1 is 1.00 bits per heavy atom. The van der Waals surface area contributed by atoms with Crippen LogP contribution < -0.4 is 11.1 Å². The van der Waals surface area contributed by atoms with Gasteiger partial charge in [0.05, 0.1) is 6.04 Å². The summed E-state index contributed by atoms with van der Waals surface area (Å²) in [6.07, 6.45) is 5.78. The lowest BCUT2D eigenvalue weighted by molar-refractivity contribution is -0.137. The quantitative estimate of drug-likeness (QED) is 0.384. The number of nitrogens with zero attached hydrogens (tertiary/aromatic N) is 2. The van der Waals surface area contributed by atoms with Crippen LogP contribution >= 0.6 is 0 Å². The summed E-state index contributed by atoms with van der Waals surface area (Å²) >= 11 is 0. The van der Waals surface area contributed by atoms with Crippen LogP contribution in [0, 0.1) is 0 Å². The van der Waals surface area contributed by atoms with Gasteiger partial charge in [0.25, 0.3) is 11.8 Å². The molecular weight excluding hydrogens is 440 g/mol. The molecule has 35 heavy (non-hydrogen) atoms. The number of nitrogens with two attached hydrogens (primary N) is 1. The Kier molecular flexibility index (Phi) is 9.76. The van der Waals surface area contributed by atoms with Crippen molar-refractivity contribution in [2.45, 2.75) is 38.8 Å². The number of hydrogen-bond donors (Lipinski definition) is 2. The first-order chi connectivity index (χ1) is 16.9. The van der Waals surface area contributed by atoms with Crippen LogP contribution in [-0.4, -0.2) is 66.7 Å². The zero-order chi connectivity index (χ0) is 25.2. The third kappa shape index (κ3) is 7.87. The van der Waals surface area contributed by atoms with Crippen LogP contribution in [0.15, 0.2) is 48.5 Å². The third-order valence-electron chi connectivity index (χ3n) is 6.35. The van der Waals surface area contributed by atoms with Crippen molar-refractivity contribution in [3.05, 3.63) is 70.8 Å². The molecule has 1 saturated heterocycles. The second kappa shape index (κ2) is 13.0. The largest absolute Gasteiger partial charge is 0.363 e. The highest BCUT2D eigenvalue weighted by Gasteiger charge is 2.25. The molecule has 1 unspecified atom stereocenters. The average Bonchev–Trinajstić information content (AvgIpc) is 2.87. The van der Waals surface area contributed by atoms with E-state index in [4.69, 9.17) is 5.73 Å². The van der Waals surface area contributed by atoms with Crippen molar-refractivity contribution in [3.63, 3.8) is 0 Å². The molecule has 2 aromatic carbocycles. The van der Waals surface area contributed by atoms with E-state index in [9.17, 15) is 14.4 Å². The molecule has 0 saturated carbocycles. The molecule has 1 aliphatic rings. The van der Waals surface area contributed by atoms with Crippen LogP contribution in [0.1, 0.15) is 53.2 Å². The number of carbonyl (C=O) groups excluding carboxylic acids is 3. The molecule has 7 heteroatoms. The normalized spacial score (nSPS) is 15.7. The minimum absolute atomic E-state index is 0.377. The van der Waals surface area contributed by atoms with Crippen LogP contribution in [0.4, 0.5) is 0 Å². The van der Waals surface area contributed by atoms with Crippen molar-refractivity contribution < 1.29 is 14.4 Å². The van der Waals surface area contributed by atoms with Crippen LogP contribution in [-0.2, 0) is 16.1 Å². The van der Waals surface area contributed by atoms with Gasteiger partial charge < -0.3 is 16.0 Å². The Hall–Kier alpha value is -3.29. The van der Waals surface area contributed by atoms with Gasteiger partial charge in [-0.1, -0.05) is 74.4 Å². The van der Waals surface area contributed by atoms with Crippen molar-refractivity contribution in [1.82, 2.24) is 15.1 Å². The van der Waals surface area contributed by atoms with Gasteiger partial charge in [0.15, 0.2) is 0 Å². The molecule has 2 aromatic rings. The van der Waals surface area contributed by atoms with E-state index < -0.39 is 23.6 Å². The summed E-state index contributed by atoms with van der Waals surface area (Å²) in [5.41, 5.74) is 8.66. The van der Waals surface area contributed by atoms with Gasteiger partial charge in [-0.25, -0.2) is 0 Å². The maximum Gasteiger partial charge on any atom is 0.287 e. The monoisotopic (exact) mass is 476 g/mol. The molecule has 1 aliphatic heterocycles. The Bertz CT molecular complexity index is 1040. The number of amides is 2. The number of piperazine rings is 1. The lowest BCUT2D eigenvalue weighted by Gasteiger charge is -2.32. The van der Waals surface area contributed by atoms with Crippen LogP contribution in [0.2, 0.25) is 0 Å². The zero-order valence-electron chi connectivity index (χ0n) is 20.7. The molecule has 1 atom stereocenters. The van der Waals surface area contributed by atoms with Gasteiger partial charge in [0, 0.05) is 38.3 Å². The van der Waals surface area contributed by atoms with Crippen molar-refractivity contribution in [1.29, 1.82) is 0 Å². The summed E-state index contributed by atoms with van der Waals surface area (Å²) in [5, 5.41) is 2.71. The number of Topliss-reactive ketones (excluding diaryl/α,β-unsaturated/α-hetero) is 1. The smallest absolute Gasteiger partial charge is 0.287 e. The van der Waals surface area contributed by atoms with Crippen LogP contribution in [0.3, 0.4) is 0 Å². The molecule has 0 aromatic heterocycles. The first-order valence-electron chi connectivity index (χ1n) is 12.3. The van der Waals surface area contributed by atoms with Gasteiger partial charge in [-0.05, 0) is 36.2 Å². The number of likely N-dealkylation sites (N-methyl/N-ethyl adjacent to an activating group) is 1. The summed E-state index contributed by atoms with van der Waals surface area (Å²) in [6.45, 7) is 7.30. The van der Waals surface area contributed by atoms with E-state index in [1.165, 1.54) is 5.56 Å². The molecular formula is C28H36N4O3. The van der Waals surface area contributed by atoms with Gasteiger partial charge >= 0.3 is 0 Å². The minimum Gasteiger partial charge on any atom is -0.363 e. The van der Waals surface area contributed by atoms with Gasteiger partial charge in [0.1, 0.15) is 0 Å². The first kappa shape index (κ1) is 26.3. The summed E-state index contributed by atoms with van der Waals surface area (Å²) in [6, 6.07) is 14.7. The van der Waals surface area contributed by atoms with E-state index in [1.54, 1.807) is 12.1 Å². The Morgan fingerprint density at radius 3 is 2.34 bits per heavy atom. The van der Waals surface area contributed by atoms with E-state index in [0.29, 0.717) is 18.4 Å². The van der Waals surface area contributed by atoms with Gasteiger partial charge in [0.2, 0.25) is 5.78 Å². The molecule has 1 heterocycles. The zero-order valence-corrected chi connectivity index (χ0v) is 20.7. The van der Waals surface area contributed by atoms with E-state index in [-0.39, 0.29) is 0 Å². The molecule has 3 N–H and O–H groups in total. The number of ketones is 1. The number of hydrogen-bond acceptors (Lipinski definition) is 5.